The predicted molar refractivity (Wildman–Crippen MR) is 62.4 cm³/mol. The Bertz CT molecular complexity index is 372. The number of benzene rings is 1. The van der Waals surface area contributed by atoms with Gasteiger partial charge in [0.2, 0.25) is 6.10 Å². The minimum absolute atomic E-state index is 0.206. The highest BCUT2D eigenvalue weighted by molar-refractivity contribution is 6.00. The van der Waals surface area contributed by atoms with Gasteiger partial charge in [0, 0.05) is 0 Å². The average Bonchev–Trinajstić information content (AvgIpc) is 2.34. The second-order valence-electron chi connectivity index (χ2n) is 3.77. The molecule has 0 radical (unpaired) electrons. The van der Waals surface area contributed by atoms with Gasteiger partial charge in [-0.1, -0.05) is 30.3 Å². The molecule has 0 aliphatic carbocycles. The van der Waals surface area contributed by atoms with Crippen LogP contribution in [0.4, 0.5) is 0 Å². The van der Waals surface area contributed by atoms with E-state index in [0.717, 1.165) is 18.9 Å². The zero-order valence-electron chi connectivity index (χ0n) is 9.76. The van der Waals surface area contributed by atoms with Gasteiger partial charge in [-0.2, -0.15) is 0 Å². The minimum atomic E-state index is -1.65. The van der Waals surface area contributed by atoms with Crippen LogP contribution in [0.2, 0.25) is 0 Å². The number of ketones is 1. The molecule has 0 aromatic heterocycles. The lowest BCUT2D eigenvalue weighted by Gasteiger charge is -2.07. The van der Waals surface area contributed by atoms with Crippen LogP contribution in [0, 0.1) is 0 Å². The number of aryl methyl sites for hydroxylation is 1. The third kappa shape index (κ3) is 4.78. The van der Waals surface area contributed by atoms with E-state index in [9.17, 15) is 9.59 Å². The molecule has 0 saturated carbocycles. The highest BCUT2D eigenvalue weighted by Gasteiger charge is 2.20. The fourth-order valence-electron chi connectivity index (χ4n) is 1.34. The zero-order chi connectivity index (χ0) is 12.7. The molecule has 17 heavy (non-hydrogen) atoms. The predicted octanol–water partition coefficient (Wildman–Crippen LogP) is 1.11. The molecule has 0 saturated heterocycles. The summed E-state index contributed by atoms with van der Waals surface area (Å²) in [4.78, 5) is 21.8. The molecular weight excluding hydrogens is 220 g/mol. The summed E-state index contributed by atoms with van der Waals surface area (Å²) in [5.41, 5.74) is 1.16. The molecule has 0 aliphatic heterocycles. The number of rotatable bonds is 6. The molecule has 0 amide bonds. The minimum Gasteiger partial charge on any atom is -0.463 e. The van der Waals surface area contributed by atoms with Crippen LogP contribution < -0.4 is 0 Å². The molecule has 1 aromatic carbocycles. The van der Waals surface area contributed by atoms with Gasteiger partial charge < -0.3 is 9.84 Å². The summed E-state index contributed by atoms with van der Waals surface area (Å²) in [7, 11) is 0. The van der Waals surface area contributed by atoms with Crippen molar-refractivity contribution in [3.05, 3.63) is 35.9 Å². The Labute approximate surface area is 100 Å². The number of carbonyl (C=O) groups is 2. The van der Waals surface area contributed by atoms with Crippen LogP contribution in [0.15, 0.2) is 30.3 Å². The van der Waals surface area contributed by atoms with Gasteiger partial charge in [0.05, 0.1) is 6.61 Å². The lowest BCUT2D eigenvalue weighted by atomic mass is 10.1. The van der Waals surface area contributed by atoms with Gasteiger partial charge in [-0.05, 0) is 25.3 Å². The number of aliphatic hydroxyl groups excluding tert-OH is 1. The second kappa shape index (κ2) is 6.81. The van der Waals surface area contributed by atoms with E-state index in [-0.39, 0.29) is 6.61 Å². The van der Waals surface area contributed by atoms with Crippen molar-refractivity contribution < 1.29 is 19.4 Å². The molecule has 4 nitrogen and oxygen atoms in total. The summed E-state index contributed by atoms with van der Waals surface area (Å²) >= 11 is 0. The zero-order valence-corrected chi connectivity index (χ0v) is 9.76. The molecule has 1 aromatic rings. The molecule has 1 rings (SSSR count). The van der Waals surface area contributed by atoms with Gasteiger partial charge in [0.25, 0.3) is 0 Å². The number of ether oxygens (including phenoxy) is 1. The normalized spacial score (nSPS) is 11.9. The first-order chi connectivity index (χ1) is 8.11. The topological polar surface area (TPSA) is 63.6 Å². The summed E-state index contributed by atoms with van der Waals surface area (Å²) in [6.07, 6.45) is -0.184. The molecule has 1 N–H and O–H groups in total. The van der Waals surface area contributed by atoms with Crippen LogP contribution in [0.25, 0.3) is 0 Å². The highest BCUT2D eigenvalue weighted by atomic mass is 16.5. The summed E-state index contributed by atoms with van der Waals surface area (Å²) in [6.45, 7) is 1.36. The van der Waals surface area contributed by atoms with Crippen molar-refractivity contribution in [2.24, 2.45) is 0 Å². The maximum absolute atomic E-state index is 11.1. The number of hydrogen-bond acceptors (Lipinski definition) is 4. The monoisotopic (exact) mass is 236 g/mol. The van der Waals surface area contributed by atoms with Crippen LogP contribution >= 0.6 is 0 Å². The first-order valence-electron chi connectivity index (χ1n) is 5.50. The first kappa shape index (κ1) is 13.4. The number of Topliss-reactive ketones (excluding diaryl/α,β-unsaturated/α-hetero) is 1. The first-order valence-corrected chi connectivity index (χ1v) is 5.50. The van der Waals surface area contributed by atoms with E-state index in [0.29, 0.717) is 6.42 Å². The molecule has 0 heterocycles. The summed E-state index contributed by atoms with van der Waals surface area (Å²) in [5, 5.41) is 9.09. The van der Waals surface area contributed by atoms with Crippen LogP contribution in [-0.4, -0.2) is 29.6 Å². The number of aliphatic hydroxyl groups is 1. The molecule has 0 bridgehead atoms. The molecule has 0 spiro atoms. The number of carbonyl (C=O) groups excluding carboxylic acids is 2. The molecule has 1 atom stereocenters. The van der Waals surface area contributed by atoms with Crippen molar-refractivity contribution in [3.8, 4) is 0 Å². The summed E-state index contributed by atoms with van der Waals surface area (Å²) in [6, 6.07) is 9.81. The molecular formula is C13H16O4. The lowest BCUT2D eigenvalue weighted by Crippen LogP contribution is -2.30. The largest absolute Gasteiger partial charge is 0.463 e. The van der Waals surface area contributed by atoms with Gasteiger partial charge in [0.1, 0.15) is 0 Å². The smallest absolute Gasteiger partial charge is 0.342 e. The Kier molecular flexibility index (Phi) is 5.36. The van der Waals surface area contributed by atoms with Crippen LogP contribution in [0.5, 0.6) is 0 Å². The third-order valence-electron chi connectivity index (χ3n) is 2.31. The van der Waals surface area contributed by atoms with Crippen molar-refractivity contribution in [2.75, 3.05) is 6.61 Å². The maximum Gasteiger partial charge on any atom is 0.342 e. The van der Waals surface area contributed by atoms with E-state index in [1.165, 1.54) is 0 Å². The van der Waals surface area contributed by atoms with Crippen molar-refractivity contribution in [3.63, 3.8) is 0 Å². The molecule has 0 fully saturated rings. The molecule has 4 heteroatoms. The van der Waals surface area contributed by atoms with Crippen molar-refractivity contribution in [1.82, 2.24) is 0 Å². The highest BCUT2D eigenvalue weighted by Crippen LogP contribution is 2.02. The van der Waals surface area contributed by atoms with E-state index in [1.54, 1.807) is 0 Å². The SMILES string of the molecule is CC(=O)C(O)C(=O)OCCCc1ccccc1. The van der Waals surface area contributed by atoms with Crippen molar-refractivity contribution >= 4 is 11.8 Å². The third-order valence-corrected chi connectivity index (χ3v) is 2.31. The average molecular weight is 236 g/mol. The number of hydrogen-bond donors (Lipinski definition) is 1. The Balaban J connectivity index is 2.21. The van der Waals surface area contributed by atoms with Crippen LogP contribution in [0.3, 0.4) is 0 Å². The van der Waals surface area contributed by atoms with Gasteiger partial charge >= 0.3 is 5.97 Å². The lowest BCUT2D eigenvalue weighted by molar-refractivity contribution is -0.157. The van der Waals surface area contributed by atoms with E-state index in [2.05, 4.69) is 0 Å². The fourth-order valence-corrected chi connectivity index (χ4v) is 1.34. The van der Waals surface area contributed by atoms with Gasteiger partial charge in [-0.3, -0.25) is 4.79 Å². The fraction of sp³-hybridized carbons (Fsp3) is 0.385. The van der Waals surface area contributed by atoms with Crippen LogP contribution in [0.1, 0.15) is 18.9 Å². The Morgan fingerprint density at radius 2 is 1.94 bits per heavy atom. The van der Waals surface area contributed by atoms with E-state index in [1.807, 2.05) is 30.3 Å². The maximum atomic E-state index is 11.1. The van der Waals surface area contributed by atoms with E-state index < -0.39 is 17.9 Å². The second-order valence-corrected chi connectivity index (χ2v) is 3.77. The standard InChI is InChI=1S/C13H16O4/c1-10(14)12(15)13(16)17-9-5-8-11-6-3-2-4-7-11/h2-4,6-7,12,15H,5,8-9H2,1H3. The molecule has 92 valence electrons. The van der Waals surface area contributed by atoms with Crippen LogP contribution in [-0.2, 0) is 20.7 Å². The van der Waals surface area contributed by atoms with Gasteiger partial charge in [-0.15, -0.1) is 0 Å². The Morgan fingerprint density at radius 3 is 2.53 bits per heavy atom. The Morgan fingerprint density at radius 1 is 1.29 bits per heavy atom. The summed E-state index contributed by atoms with van der Waals surface area (Å²) < 4.78 is 4.78. The van der Waals surface area contributed by atoms with Crippen molar-refractivity contribution in [1.29, 1.82) is 0 Å². The molecule has 0 aliphatic rings. The van der Waals surface area contributed by atoms with Crippen molar-refractivity contribution in [2.45, 2.75) is 25.9 Å². The van der Waals surface area contributed by atoms with E-state index >= 15 is 0 Å². The van der Waals surface area contributed by atoms with E-state index in [4.69, 9.17) is 9.84 Å². The Hall–Kier alpha value is -1.68. The van der Waals surface area contributed by atoms with Gasteiger partial charge in [0.15, 0.2) is 5.78 Å². The molecule has 1 unspecified atom stereocenters. The summed E-state index contributed by atoms with van der Waals surface area (Å²) in [5.74, 6) is -1.47. The quantitative estimate of drug-likeness (QED) is 0.456. The van der Waals surface area contributed by atoms with Gasteiger partial charge in [-0.25, -0.2) is 4.79 Å². The number of esters is 1.